The first-order chi connectivity index (χ1) is 12.3. The Bertz CT molecular complexity index is 1030. The number of aromatic amines is 1. The molecule has 3 heterocycles. The van der Waals surface area contributed by atoms with Crippen molar-refractivity contribution in [2.45, 2.75) is 45.7 Å². The van der Waals surface area contributed by atoms with Crippen LogP contribution in [-0.4, -0.2) is 21.4 Å². The average molecular weight is 432 g/mol. The highest BCUT2D eigenvalue weighted by Crippen LogP contribution is 2.36. The minimum absolute atomic E-state index is 0.0139. The molecule has 6 heteroatoms. The molecule has 136 valence electrons. The summed E-state index contributed by atoms with van der Waals surface area (Å²) in [4.78, 5) is 24.0. The van der Waals surface area contributed by atoms with E-state index in [2.05, 4.69) is 70.9 Å². The molecule has 0 radical (unpaired) electrons. The van der Waals surface area contributed by atoms with E-state index in [1.165, 1.54) is 19.4 Å². The van der Waals surface area contributed by atoms with Gasteiger partial charge in [-0.25, -0.2) is 4.98 Å². The molecule has 1 aliphatic rings. The first-order valence-corrected chi connectivity index (χ1v) is 10.4. The first kappa shape index (κ1) is 17.9. The summed E-state index contributed by atoms with van der Waals surface area (Å²) in [5, 5.41) is 1.26. The molecule has 1 aliphatic heterocycles. The van der Waals surface area contributed by atoms with Crippen molar-refractivity contribution in [2.75, 3.05) is 6.54 Å². The number of nitrogens with one attached hydrogen (secondary N) is 1. The summed E-state index contributed by atoms with van der Waals surface area (Å²) in [6, 6.07) is 8.44. The summed E-state index contributed by atoms with van der Waals surface area (Å²) in [7, 11) is 0. The molecule has 26 heavy (non-hydrogen) atoms. The molecule has 3 aromatic rings. The number of hydrogen-bond donors (Lipinski definition) is 1. The van der Waals surface area contributed by atoms with Gasteiger partial charge < -0.3 is 4.98 Å². The normalized spacial score (nSPS) is 15.4. The molecule has 4 rings (SSSR count). The zero-order valence-corrected chi connectivity index (χ0v) is 17.6. The second kappa shape index (κ2) is 6.59. The van der Waals surface area contributed by atoms with Crippen LogP contribution in [0.25, 0.3) is 10.1 Å². The molecule has 0 saturated carbocycles. The van der Waals surface area contributed by atoms with Gasteiger partial charge in [-0.3, -0.25) is 9.69 Å². The molecule has 0 bridgehead atoms. The number of fused-ring (bicyclic) bond motifs is 2. The number of rotatable bonds is 2. The molecular formula is C20H22BrN3OS. The zero-order chi connectivity index (χ0) is 18.5. The number of hydrogen-bond acceptors (Lipinski definition) is 4. The Balaban J connectivity index is 1.60. The van der Waals surface area contributed by atoms with Gasteiger partial charge >= 0.3 is 0 Å². The Morgan fingerprint density at radius 3 is 2.81 bits per heavy atom. The Labute approximate surface area is 165 Å². The predicted octanol–water partition coefficient (Wildman–Crippen LogP) is 4.60. The monoisotopic (exact) mass is 431 g/mol. The zero-order valence-electron chi connectivity index (χ0n) is 15.2. The van der Waals surface area contributed by atoms with Crippen molar-refractivity contribution in [3.63, 3.8) is 0 Å². The summed E-state index contributed by atoms with van der Waals surface area (Å²) >= 11 is 5.58. The minimum atomic E-state index is -0.146. The maximum atomic E-state index is 12.6. The lowest BCUT2D eigenvalue weighted by atomic mass is 9.95. The van der Waals surface area contributed by atoms with Gasteiger partial charge in [0.2, 0.25) is 0 Å². The third-order valence-electron chi connectivity index (χ3n) is 4.83. The topological polar surface area (TPSA) is 49.0 Å². The summed E-state index contributed by atoms with van der Waals surface area (Å²) in [5.74, 6) is 0.780. The van der Waals surface area contributed by atoms with Crippen LogP contribution in [-0.2, 0) is 24.9 Å². The van der Waals surface area contributed by atoms with Gasteiger partial charge in [-0.15, -0.1) is 11.3 Å². The molecule has 1 N–H and O–H groups in total. The second-order valence-corrected chi connectivity index (χ2v) is 9.82. The Hall–Kier alpha value is -1.50. The van der Waals surface area contributed by atoms with E-state index in [1.807, 2.05) is 11.3 Å². The van der Waals surface area contributed by atoms with Crippen LogP contribution in [0.5, 0.6) is 0 Å². The maximum Gasteiger partial charge on any atom is 0.255 e. The fourth-order valence-electron chi connectivity index (χ4n) is 3.34. The van der Waals surface area contributed by atoms with Gasteiger partial charge in [0.25, 0.3) is 5.56 Å². The van der Waals surface area contributed by atoms with E-state index in [0.29, 0.717) is 6.54 Å². The highest BCUT2D eigenvalue weighted by atomic mass is 79.9. The molecule has 0 spiro atoms. The van der Waals surface area contributed by atoms with Crippen LogP contribution < -0.4 is 5.56 Å². The Kier molecular flexibility index (Phi) is 4.53. The largest absolute Gasteiger partial charge is 0.310 e. The molecule has 2 aromatic heterocycles. The molecular weight excluding hydrogens is 410 g/mol. The number of aromatic nitrogens is 2. The average Bonchev–Trinajstić information content (AvgIpc) is 2.91. The lowest BCUT2D eigenvalue weighted by Gasteiger charge is -2.28. The third kappa shape index (κ3) is 3.26. The van der Waals surface area contributed by atoms with Gasteiger partial charge in [0.05, 0.1) is 11.3 Å². The smallest absolute Gasteiger partial charge is 0.255 e. The highest BCUT2D eigenvalue weighted by Gasteiger charge is 2.25. The Morgan fingerprint density at radius 1 is 1.31 bits per heavy atom. The van der Waals surface area contributed by atoms with Crippen molar-refractivity contribution in [3.05, 3.63) is 61.1 Å². The molecule has 0 saturated heterocycles. The number of thiophene rings is 1. The van der Waals surface area contributed by atoms with Crippen LogP contribution in [0.3, 0.4) is 0 Å². The van der Waals surface area contributed by atoms with Crippen molar-refractivity contribution in [1.29, 1.82) is 0 Å². The van der Waals surface area contributed by atoms with E-state index >= 15 is 0 Å². The third-order valence-corrected chi connectivity index (χ3v) is 7.15. The van der Waals surface area contributed by atoms with E-state index < -0.39 is 0 Å². The van der Waals surface area contributed by atoms with Crippen molar-refractivity contribution < 1.29 is 0 Å². The molecule has 4 nitrogen and oxygen atoms in total. The van der Waals surface area contributed by atoms with Gasteiger partial charge in [-0.1, -0.05) is 39.0 Å². The van der Waals surface area contributed by atoms with Crippen molar-refractivity contribution in [2.24, 2.45) is 0 Å². The minimum Gasteiger partial charge on any atom is -0.310 e. The fraction of sp³-hybridized carbons (Fsp3) is 0.400. The van der Waals surface area contributed by atoms with Crippen LogP contribution in [0.15, 0.2) is 33.5 Å². The highest BCUT2D eigenvalue weighted by molar-refractivity contribution is 9.10. The van der Waals surface area contributed by atoms with Gasteiger partial charge in [-0.05, 0) is 22.0 Å². The van der Waals surface area contributed by atoms with Gasteiger partial charge in [0, 0.05) is 50.9 Å². The van der Waals surface area contributed by atoms with Crippen LogP contribution in [0.2, 0.25) is 0 Å². The summed E-state index contributed by atoms with van der Waals surface area (Å²) in [5.41, 5.74) is 1.65. The number of nitrogens with zero attached hydrogens (tertiary/aromatic N) is 2. The summed E-state index contributed by atoms with van der Waals surface area (Å²) in [6.07, 6.45) is 0.824. The molecule has 0 aliphatic carbocycles. The quantitative estimate of drug-likeness (QED) is 0.644. The van der Waals surface area contributed by atoms with E-state index in [4.69, 9.17) is 4.98 Å². The van der Waals surface area contributed by atoms with E-state index in [0.717, 1.165) is 36.6 Å². The molecule has 1 aromatic carbocycles. The SMILES string of the molecule is CC(C)(C)c1nc2c(c(=O)[nH]1)CN(Cc1sc3ccccc3c1Br)CC2. The number of halogens is 1. The van der Waals surface area contributed by atoms with Crippen LogP contribution >= 0.6 is 27.3 Å². The lowest BCUT2D eigenvalue weighted by molar-refractivity contribution is 0.242. The number of benzene rings is 1. The van der Waals surface area contributed by atoms with Gasteiger partial charge in [0.1, 0.15) is 5.82 Å². The molecule has 0 amide bonds. The standard InChI is InChI=1S/C20H22BrN3OS/c1-20(2,3)19-22-14-8-9-24(10-13(14)18(25)23-19)11-16-17(21)12-6-4-5-7-15(12)26-16/h4-7H,8-11H2,1-3H3,(H,22,23,25). The molecule has 0 fully saturated rings. The van der Waals surface area contributed by atoms with Crippen LogP contribution in [0.4, 0.5) is 0 Å². The molecule has 0 unspecified atom stereocenters. The van der Waals surface area contributed by atoms with Gasteiger partial charge in [0.15, 0.2) is 0 Å². The first-order valence-electron chi connectivity index (χ1n) is 8.84. The van der Waals surface area contributed by atoms with Crippen molar-refractivity contribution >= 4 is 37.4 Å². The van der Waals surface area contributed by atoms with Crippen molar-refractivity contribution in [1.82, 2.24) is 14.9 Å². The fourth-order valence-corrected chi connectivity index (χ4v) is 5.32. The maximum absolute atomic E-state index is 12.6. The molecule has 0 atom stereocenters. The summed E-state index contributed by atoms with van der Waals surface area (Å²) in [6.45, 7) is 8.65. The number of H-pyrrole nitrogens is 1. The van der Waals surface area contributed by atoms with E-state index in [-0.39, 0.29) is 11.0 Å². The van der Waals surface area contributed by atoms with Crippen LogP contribution in [0.1, 0.15) is 42.7 Å². The lowest BCUT2D eigenvalue weighted by Crippen LogP contribution is -2.37. The van der Waals surface area contributed by atoms with E-state index in [9.17, 15) is 4.79 Å². The Morgan fingerprint density at radius 2 is 2.08 bits per heavy atom. The summed E-state index contributed by atoms with van der Waals surface area (Å²) < 4.78 is 2.47. The van der Waals surface area contributed by atoms with Gasteiger partial charge in [-0.2, -0.15) is 0 Å². The van der Waals surface area contributed by atoms with E-state index in [1.54, 1.807) is 0 Å². The predicted molar refractivity (Wildman–Crippen MR) is 111 cm³/mol. The second-order valence-electron chi connectivity index (χ2n) is 7.89. The van der Waals surface area contributed by atoms with Crippen molar-refractivity contribution in [3.8, 4) is 0 Å². The van der Waals surface area contributed by atoms with Crippen LogP contribution in [0, 0.1) is 0 Å².